The predicted molar refractivity (Wildman–Crippen MR) is 82.2 cm³/mol. The fourth-order valence-corrected chi connectivity index (χ4v) is 1.83. The van der Waals surface area contributed by atoms with Gasteiger partial charge in [0.15, 0.2) is 0 Å². The highest BCUT2D eigenvalue weighted by molar-refractivity contribution is 5.99. The van der Waals surface area contributed by atoms with Crippen LogP contribution in [0.3, 0.4) is 0 Å². The van der Waals surface area contributed by atoms with Gasteiger partial charge in [-0.2, -0.15) is 0 Å². The van der Waals surface area contributed by atoms with Crippen molar-refractivity contribution in [2.24, 2.45) is 0 Å². The number of amides is 1. The summed E-state index contributed by atoms with van der Waals surface area (Å²) in [6, 6.07) is 4.29. The first-order chi connectivity index (χ1) is 9.86. The van der Waals surface area contributed by atoms with Crippen molar-refractivity contribution in [1.82, 2.24) is 10.2 Å². The summed E-state index contributed by atoms with van der Waals surface area (Å²) >= 11 is 0. The van der Waals surface area contributed by atoms with Crippen LogP contribution in [0, 0.1) is 10.1 Å². The number of nitrogen functional groups attached to an aromatic ring is 1. The summed E-state index contributed by atoms with van der Waals surface area (Å²) in [5.74, 6) is -0.395. The summed E-state index contributed by atoms with van der Waals surface area (Å²) in [4.78, 5) is 24.3. The van der Waals surface area contributed by atoms with Crippen LogP contribution in [0.15, 0.2) is 18.2 Å². The molecule has 0 saturated heterocycles. The topological polar surface area (TPSA) is 102 Å². The number of nitrogens with two attached hydrogens (primary N) is 1. The third-order valence-electron chi connectivity index (χ3n) is 3.59. The van der Waals surface area contributed by atoms with Crippen molar-refractivity contribution in [1.29, 1.82) is 0 Å². The van der Waals surface area contributed by atoms with Crippen molar-refractivity contribution >= 4 is 17.3 Å². The summed E-state index contributed by atoms with van der Waals surface area (Å²) in [7, 11) is 1.99. The van der Waals surface area contributed by atoms with E-state index in [0.29, 0.717) is 19.1 Å². The fraction of sp³-hybridized carbons (Fsp3) is 0.500. The van der Waals surface area contributed by atoms with Gasteiger partial charge in [-0.25, -0.2) is 0 Å². The van der Waals surface area contributed by atoms with Gasteiger partial charge in [-0.1, -0.05) is 6.92 Å². The number of non-ortho nitro benzene ring substituents is 1. The van der Waals surface area contributed by atoms with E-state index in [2.05, 4.69) is 24.1 Å². The second-order valence-corrected chi connectivity index (χ2v) is 5.02. The molecular weight excluding hydrogens is 272 g/mol. The zero-order chi connectivity index (χ0) is 16.0. The molecule has 1 atom stereocenters. The number of nitrogens with one attached hydrogen (secondary N) is 1. The Morgan fingerprint density at radius 1 is 1.52 bits per heavy atom. The highest BCUT2D eigenvalue weighted by Gasteiger charge is 2.15. The lowest BCUT2D eigenvalue weighted by Crippen LogP contribution is -2.37. The molecule has 0 aromatic heterocycles. The lowest BCUT2D eigenvalue weighted by molar-refractivity contribution is -0.384. The molecule has 0 aliphatic carbocycles. The van der Waals surface area contributed by atoms with Crippen LogP contribution in [0.25, 0.3) is 0 Å². The molecule has 7 heteroatoms. The molecule has 0 spiro atoms. The maximum Gasteiger partial charge on any atom is 0.270 e. The van der Waals surface area contributed by atoms with E-state index in [4.69, 9.17) is 5.73 Å². The number of carbonyl (C=O) groups is 1. The quantitative estimate of drug-likeness (QED) is 0.452. The monoisotopic (exact) mass is 294 g/mol. The highest BCUT2D eigenvalue weighted by Crippen LogP contribution is 2.19. The lowest BCUT2D eigenvalue weighted by Gasteiger charge is -2.23. The van der Waals surface area contributed by atoms with Gasteiger partial charge in [-0.15, -0.1) is 0 Å². The smallest absolute Gasteiger partial charge is 0.270 e. The molecule has 0 aliphatic rings. The van der Waals surface area contributed by atoms with Crippen LogP contribution in [0.5, 0.6) is 0 Å². The number of hydrogen-bond acceptors (Lipinski definition) is 5. The molecule has 0 saturated carbocycles. The molecule has 21 heavy (non-hydrogen) atoms. The van der Waals surface area contributed by atoms with Crippen LogP contribution in [0.4, 0.5) is 11.4 Å². The van der Waals surface area contributed by atoms with Crippen LogP contribution in [-0.2, 0) is 0 Å². The van der Waals surface area contributed by atoms with Gasteiger partial charge in [0.05, 0.1) is 10.5 Å². The molecule has 1 aromatic rings. The number of anilines is 1. The zero-order valence-corrected chi connectivity index (χ0v) is 12.6. The molecule has 116 valence electrons. The minimum Gasteiger partial charge on any atom is -0.398 e. The van der Waals surface area contributed by atoms with E-state index in [1.165, 1.54) is 18.2 Å². The minimum atomic E-state index is -0.549. The second kappa shape index (κ2) is 7.58. The number of hydrogen-bond donors (Lipinski definition) is 2. The van der Waals surface area contributed by atoms with Crippen molar-refractivity contribution in [2.45, 2.75) is 26.3 Å². The molecule has 1 unspecified atom stereocenters. The number of nitro groups is 1. The number of nitrogens with zero attached hydrogens (tertiary/aromatic N) is 2. The Balaban J connectivity index is 2.64. The standard InChI is InChI=1S/C14H22N4O3/c1-4-10(2)17(3)8-7-16-14(19)12-9-11(18(20)21)5-6-13(12)15/h5-6,9-10H,4,7-8,15H2,1-3H3,(H,16,19). The maximum absolute atomic E-state index is 12.0. The number of benzene rings is 1. The summed E-state index contributed by atoms with van der Waals surface area (Å²) in [5, 5.41) is 13.5. The Labute approximate surface area is 124 Å². The van der Waals surface area contributed by atoms with Crippen LogP contribution >= 0.6 is 0 Å². The molecule has 0 radical (unpaired) electrons. The number of carbonyl (C=O) groups excluding carboxylic acids is 1. The van der Waals surface area contributed by atoms with E-state index in [0.717, 1.165) is 6.42 Å². The molecule has 1 amide bonds. The van der Waals surface area contributed by atoms with E-state index in [1.54, 1.807) is 0 Å². The first-order valence-electron chi connectivity index (χ1n) is 6.89. The van der Waals surface area contributed by atoms with E-state index < -0.39 is 10.8 Å². The van der Waals surface area contributed by atoms with Gasteiger partial charge in [0, 0.05) is 37.0 Å². The van der Waals surface area contributed by atoms with Crippen LogP contribution < -0.4 is 11.1 Å². The molecule has 0 aliphatic heterocycles. The van der Waals surface area contributed by atoms with Gasteiger partial charge in [0.25, 0.3) is 11.6 Å². The van der Waals surface area contributed by atoms with Crippen molar-refractivity contribution in [2.75, 3.05) is 25.9 Å². The summed E-state index contributed by atoms with van der Waals surface area (Å²) in [6.07, 6.45) is 1.03. The van der Waals surface area contributed by atoms with Crippen molar-refractivity contribution in [3.8, 4) is 0 Å². The first kappa shape index (κ1) is 16.9. The average Bonchev–Trinajstić information content (AvgIpc) is 2.46. The number of nitro benzene ring substituents is 1. The predicted octanol–water partition coefficient (Wildman–Crippen LogP) is 1.64. The van der Waals surface area contributed by atoms with Gasteiger partial charge in [-0.3, -0.25) is 14.9 Å². The third-order valence-corrected chi connectivity index (χ3v) is 3.59. The van der Waals surface area contributed by atoms with Crippen LogP contribution in [0.2, 0.25) is 0 Å². The molecule has 3 N–H and O–H groups in total. The molecule has 0 bridgehead atoms. The zero-order valence-electron chi connectivity index (χ0n) is 12.6. The van der Waals surface area contributed by atoms with Crippen molar-refractivity contribution < 1.29 is 9.72 Å². The first-order valence-corrected chi connectivity index (χ1v) is 6.89. The van der Waals surface area contributed by atoms with Crippen LogP contribution in [0.1, 0.15) is 30.6 Å². The summed E-state index contributed by atoms with van der Waals surface area (Å²) in [6.45, 7) is 5.38. The van der Waals surface area contributed by atoms with Gasteiger partial charge in [0.2, 0.25) is 0 Å². The molecule has 0 fully saturated rings. The highest BCUT2D eigenvalue weighted by atomic mass is 16.6. The largest absolute Gasteiger partial charge is 0.398 e. The Hall–Kier alpha value is -2.15. The van der Waals surface area contributed by atoms with E-state index >= 15 is 0 Å². The lowest BCUT2D eigenvalue weighted by atomic mass is 10.1. The van der Waals surface area contributed by atoms with E-state index in [-0.39, 0.29) is 16.9 Å². The summed E-state index contributed by atoms with van der Waals surface area (Å²) < 4.78 is 0. The van der Waals surface area contributed by atoms with E-state index in [1.807, 2.05) is 7.05 Å². The Kier molecular flexibility index (Phi) is 6.10. The van der Waals surface area contributed by atoms with Gasteiger partial charge in [0.1, 0.15) is 0 Å². The Bertz CT molecular complexity index is 519. The third kappa shape index (κ3) is 4.71. The number of likely N-dealkylation sites (N-methyl/N-ethyl adjacent to an activating group) is 1. The molecule has 0 heterocycles. The maximum atomic E-state index is 12.0. The SMILES string of the molecule is CCC(C)N(C)CCNC(=O)c1cc([N+](=O)[O-])ccc1N. The average molecular weight is 294 g/mol. The second-order valence-electron chi connectivity index (χ2n) is 5.02. The van der Waals surface area contributed by atoms with Gasteiger partial charge >= 0.3 is 0 Å². The summed E-state index contributed by atoms with van der Waals surface area (Å²) in [5.41, 5.74) is 5.92. The van der Waals surface area contributed by atoms with Gasteiger partial charge in [-0.05, 0) is 26.5 Å². The van der Waals surface area contributed by atoms with E-state index in [9.17, 15) is 14.9 Å². The Morgan fingerprint density at radius 2 is 2.19 bits per heavy atom. The minimum absolute atomic E-state index is 0.135. The van der Waals surface area contributed by atoms with Crippen LogP contribution in [-0.4, -0.2) is 41.9 Å². The van der Waals surface area contributed by atoms with Gasteiger partial charge < -0.3 is 16.0 Å². The number of rotatable bonds is 7. The normalized spacial score (nSPS) is 12.2. The Morgan fingerprint density at radius 3 is 2.76 bits per heavy atom. The molecular formula is C14H22N4O3. The molecule has 1 aromatic carbocycles. The molecule has 7 nitrogen and oxygen atoms in total. The molecule has 1 rings (SSSR count). The fourth-order valence-electron chi connectivity index (χ4n) is 1.83. The van der Waals surface area contributed by atoms with Crippen molar-refractivity contribution in [3.05, 3.63) is 33.9 Å². The van der Waals surface area contributed by atoms with Crippen molar-refractivity contribution in [3.63, 3.8) is 0 Å².